The lowest BCUT2D eigenvalue weighted by molar-refractivity contribution is -0.135. The molecule has 0 saturated carbocycles. The Labute approximate surface area is 119 Å². The lowest BCUT2D eigenvalue weighted by Crippen LogP contribution is -2.48. The predicted octanol–water partition coefficient (Wildman–Crippen LogP) is 1.84. The van der Waals surface area contributed by atoms with Crippen LogP contribution in [0.25, 0.3) is 0 Å². The Balaban J connectivity index is 1.76. The average molecular weight is 297 g/mol. The first-order valence-electron chi connectivity index (χ1n) is 6.19. The fourth-order valence-corrected chi connectivity index (χ4v) is 4.72. The van der Waals surface area contributed by atoms with Crippen LogP contribution in [0.1, 0.15) is 24.6 Å². The average Bonchev–Trinajstić information content (AvgIpc) is 2.97. The molecule has 2 saturated heterocycles. The van der Waals surface area contributed by atoms with E-state index in [-0.39, 0.29) is 22.7 Å². The lowest BCUT2D eigenvalue weighted by Gasteiger charge is -2.29. The Morgan fingerprint density at radius 3 is 3.11 bits per heavy atom. The summed E-state index contributed by atoms with van der Waals surface area (Å²) in [7, 11) is 0. The SMILES string of the molecule is Cc1cnc(NC(=O)[C@H]2CS[C@]3(C)CCC(=O)N23)s1. The van der Waals surface area contributed by atoms with Gasteiger partial charge in [0.2, 0.25) is 11.8 Å². The number of hydrogen-bond donors (Lipinski definition) is 1. The van der Waals surface area contributed by atoms with E-state index in [1.165, 1.54) is 11.3 Å². The van der Waals surface area contributed by atoms with Crippen LogP contribution >= 0.6 is 23.1 Å². The number of aryl methyl sites for hydroxylation is 1. The third-order valence-electron chi connectivity index (χ3n) is 3.60. The summed E-state index contributed by atoms with van der Waals surface area (Å²) in [6, 6.07) is -0.366. The van der Waals surface area contributed by atoms with Crippen molar-refractivity contribution >= 4 is 40.0 Å². The topological polar surface area (TPSA) is 62.3 Å². The van der Waals surface area contributed by atoms with Gasteiger partial charge in [-0.05, 0) is 20.3 Å². The quantitative estimate of drug-likeness (QED) is 0.905. The highest BCUT2D eigenvalue weighted by Crippen LogP contribution is 2.47. The highest BCUT2D eigenvalue weighted by Gasteiger charge is 2.52. The molecule has 19 heavy (non-hydrogen) atoms. The maximum Gasteiger partial charge on any atom is 0.249 e. The molecule has 2 atom stereocenters. The first-order valence-corrected chi connectivity index (χ1v) is 7.99. The zero-order chi connectivity index (χ0) is 13.6. The van der Waals surface area contributed by atoms with E-state index in [9.17, 15) is 9.59 Å². The molecular formula is C12H15N3O2S2. The molecule has 1 aromatic heterocycles. The van der Waals surface area contributed by atoms with E-state index in [4.69, 9.17) is 0 Å². The number of thiazole rings is 1. The molecule has 0 aliphatic carbocycles. The molecule has 0 radical (unpaired) electrons. The first-order chi connectivity index (χ1) is 8.99. The molecule has 3 rings (SSSR count). The Kier molecular flexibility index (Phi) is 3.05. The van der Waals surface area contributed by atoms with Crippen molar-refractivity contribution in [1.82, 2.24) is 9.88 Å². The summed E-state index contributed by atoms with van der Waals surface area (Å²) in [6.07, 6.45) is 3.11. The maximum absolute atomic E-state index is 12.3. The van der Waals surface area contributed by atoms with Crippen LogP contribution in [-0.4, -0.2) is 38.4 Å². The smallest absolute Gasteiger partial charge is 0.249 e. The first kappa shape index (κ1) is 12.9. The van der Waals surface area contributed by atoms with E-state index < -0.39 is 0 Å². The number of rotatable bonds is 2. The highest BCUT2D eigenvalue weighted by molar-refractivity contribution is 8.01. The fourth-order valence-electron chi connectivity index (χ4n) is 2.62. The van der Waals surface area contributed by atoms with Crippen LogP contribution in [0.3, 0.4) is 0 Å². The predicted molar refractivity (Wildman–Crippen MR) is 76.2 cm³/mol. The zero-order valence-corrected chi connectivity index (χ0v) is 12.4. The summed E-state index contributed by atoms with van der Waals surface area (Å²) in [5.41, 5.74) is 0. The van der Waals surface area contributed by atoms with Gasteiger partial charge in [-0.25, -0.2) is 4.98 Å². The van der Waals surface area contributed by atoms with Gasteiger partial charge in [-0.2, -0.15) is 0 Å². The van der Waals surface area contributed by atoms with Crippen molar-refractivity contribution in [3.63, 3.8) is 0 Å². The number of nitrogens with one attached hydrogen (secondary N) is 1. The second-order valence-electron chi connectivity index (χ2n) is 5.03. The maximum atomic E-state index is 12.3. The summed E-state index contributed by atoms with van der Waals surface area (Å²) >= 11 is 3.15. The van der Waals surface area contributed by atoms with E-state index in [1.54, 1.807) is 22.9 Å². The molecule has 0 aromatic carbocycles. The molecule has 3 heterocycles. The van der Waals surface area contributed by atoms with Gasteiger partial charge < -0.3 is 10.2 Å². The molecule has 2 aliphatic rings. The second kappa shape index (κ2) is 4.49. The Bertz CT molecular complexity index is 545. The van der Waals surface area contributed by atoms with Crippen molar-refractivity contribution in [2.75, 3.05) is 11.1 Å². The second-order valence-corrected chi connectivity index (χ2v) is 7.77. The minimum absolute atomic E-state index is 0.0861. The van der Waals surface area contributed by atoms with Gasteiger partial charge in [-0.1, -0.05) is 0 Å². The van der Waals surface area contributed by atoms with Crippen molar-refractivity contribution in [1.29, 1.82) is 0 Å². The minimum atomic E-state index is -0.366. The van der Waals surface area contributed by atoms with Crippen molar-refractivity contribution in [3.8, 4) is 0 Å². The third kappa shape index (κ3) is 2.14. The Morgan fingerprint density at radius 2 is 2.42 bits per heavy atom. The van der Waals surface area contributed by atoms with Crippen molar-refractivity contribution in [2.24, 2.45) is 0 Å². The number of anilines is 1. The number of carbonyl (C=O) groups is 2. The number of fused-ring (bicyclic) bond motifs is 1. The van der Waals surface area contributed by atoms with Crippen LogP contribution in [0, 0.1) is 6.92 Å². The van der Waals surface area contributed by atoms with E-state index in [0.717, 1.165) is 11.3 Å². The number of hydrogen-bond acceptors (Lipinski definition) is 5. The normalized spacial score (nSPS) is 29.7. The van der Waals surface area contributed by atoms with E-state index in [1.807, 2.05) is 13.8 Å². The standard InChI is InChI=1S/C12H15N3O2S2/c1-7-5-13-11(19-7)14-10(17)8-6-18-12(2)4-3-9(16)15(8)12/h5,8H,3-4,6H2,1-2H3,(H,13,14,17)/t8-,12-/m1/s1. The number of carbonyl (C=O) groups excluding carboxylic acids is 2. The van der Waals surface area contributed by atoms with Crippen LogP contribution in [-0.2, 0) is 9.59 Å². The summed E-state index contributed by atoms with van der Waals surface area (Å²) in [5, 5.41) is 3.42. The minimum Gasteiger partial charge on any atom is -0.315 e. The molecule has 2 fully saturated rings. The lowest BCUT2D eigenvalue weighted by atomic mass is 10.2. The van der Waals surface area contributed by atoms with Crippen molar-refractivity contribution in [2.45, 2.75) is 37.6 Å². The fraction of sp³-hybridized carbons (Fsp3) is 0.583. The summed E-state index contributed by atoms with van der Waals surface area (Å²) in [5.74, 6) is 0.627. The van der Waals surface area contributed by atoms with Gasteiger partial charge in [0, 0.05) is 23.2 Å². The number of nitrogens with zero attached hydrogens (tertiary/aromatic N) is 2. The largest absolute Gasteiger partial charge is 0.315 e. The third-order valence-corrected chi connectivity index (χ3v) is 5.93. The van der Waals surface area contributed by atoms with Crippen molar-refractivity contribution < 1.29 is 9.59 Å². The molecule has 0 bridgehead atoms. The summed E-state index contributed by atoms with van der Waals surface area (Å²) in [6.45, 7) is 3.99. The molecule has 102 valence electrons. The van der Waals surface area contributed by atoms with Gasteiger partial charge in [0.05, 0.1) is 4.87 Å². The number of aromatic nitrogens is 1. The van der Waals surface area contributed by atoms with Gasteiger partial charge in [0.15, 0.2) is 5.13 Å². The van der Waals surface area contributed by atoms with Gasteiger partial charge in [0.1, 0.15) is 6.04 Å². The summed E-state index contributed by atoms with van der Waals surface area (Å²) < 4.78 is 0. The van der Waals surface area contributed by atoms with Crippen LogP contribution in [0.15, 0.2) is 6.20 Å². The van der Waals surface area contributed by atoms with Gasteiger partial charge >= 0.3 is 0 Å². The molecule has 1 N–H and O–H groups in total. The summed E-state index contributed by atoms with van der Waals surface area (Å²) in [4.78, 5) is 31.0. The van der Waals surface area contributed by atoms with E-state index in [2.05, 4.69) is 10.3 Å². The molecule has 2 amide bonds. The zero-order valence-electron chi connectivity index (χ0n) is 10.8. The molecular weight excluding hydrogens is 282 g/mol. The van der Waals surface area contributed by atoms with Gasteiger partial charge in [-0.3, -0.25) is 9.59 Å². The van der Waals surface area contributed by atoms with Crippen LogP contribution < -0.4 is 5.32 Å². The Hall–Kier alpha value is -1.08. The van der Waals surface area contributed by atoms with Crippen molar-refractivity contribution in [3.05, 3.63) is 11.1 Å². The van der Waals surface area contributed by atoms with Crippen LogP contribution in [0.5, 0.6) is 0 Å². The molecule has 1 aromatic rings. The monoisotopic (exact) mass is 297 g/mol. The van der Waals surface area contributed by atoms with Gasteiger partial charge in [-0.15, -0.1) is 23.1 Å². The van der Waals surface area contributed by atoms with E-state index in [0.29, 0.717) is 17.3 Å². The van der Waals surface area contributed by atoms with E-state index >= 15 is 0 Å². The molecule has 2 aliphatic heterocycles. The van der Waals surface area contributed by atoms with Crippen LogP contribution in [0.4, 0.5) is 5.13 Å². The molecule has 0 unspecified atom stereocenters. The Morgan fingerprint density at radius 1 is 1.63 bits per heavy atom. The highest BCUT2D eigenvalue weighted by atomic mass is 32.2. The number of amides is 2. The van der Waals surface area contributed by atoms with Gasteiger partial charge in [0.25, 0.3) is 0 Å². The number of thioether (sulfide) groups is 1. The van der Waals surface area contributed by atoms with Crippen LogP contribution in [0.2, 0.25) is 0 Å². The molecule has 0 spiro atoms. The molecule has 7 heteroatoms. The molecule has 5 nitrogen and oxygen atoms in total.